The van der Waals surface area contributed by atoms with Crippen molar-refractivity contribution in [2.45, 2.75) is 53.0 Å². The molecular formula is C21H28N2S. The predicted molar refractivity (Wildman–Crippen MR) is 109 cm³/mol. The van der Waals surface area contributed by atoms with E-state index in [1.54, 1.807) is 0 Å². The fraction of sp³-hybridized carbons (Fsp3) is 0.381. The van der Waals surface area contributed by atoms with Crippen LogP contribution in [-0.4, -0.2) is 5.11 Å². The van der Waals surface area contributed by atoms with Crippen LogP contribution in [0.1, 0.15) is 61.4 Å². The van der Waals surface area contributed by atoms with E-state index in [2.05, 4.69) is 87.7 Å². The zero-order chi connectivity index (χ0) is 17.7. The van der Waals surface area contributed by atoms with Crippen LogP contribution in [0.4, 0.5) is 5.69 Å². The molecule has 0 aliphatic carbocycles. The van der Waals surface area contributed by atoms with Crippen molar-refractivity contribution in [3.63, 3.8) is 0 Å². The number of benzene rings is 2. The molecule has 0 aromatic heterocycles. The molecule has 0 radical (unpaired) electrons. The third-order valence-electron chi connectivity index (χ3n) is 4.35. The van der Waals surface area contributed by atoms with Gasteiger partial charge in [-0.1, -0.05) is 56.7 Å². The van der Waals surface area contributed by atoms with Crippen molar-refractivity contribution < 1.29 is 0 Å². The number of rotatable bonds is 5. The average Bonchev–Trinajstić information content (AvgIpc) is 2.53. The number of aryl methyl sites for hydroxylation is 2. The van der Waals surface area contributed by atoms with E-state index in [-0.39, 0.29) is 6.04 Å². The van der Waals surface area contributed by atoms with E-state index in [9.17, 15) is 0 Å². The van der Waals surface area contributed by atoms with E-state index in [4.69, 9.17) is 12.2 Å². The topological polar surface area (TPSA) is 24.1 Å². The van der Waals surface area contributed by atoms with E-state index < -0.39 is 0 Å². The highest BCUT2D eigenvalue weighted by molar-refractivity contribution is 7.80. The lowest BCUT2D eigenvalue weighted by Crippen LogP contribution is -2.32. The van der Waals surface area contributed by atoms with Crippen LogP contribution in [0.5, 0.6) is 0 Å². The minimum Gasteiger partial charge on any atom is -0.356 e. The lowest BCUT2D eigenvalue weighted by molar-refractivity contribution is 0.625. The SMILES string of the molecule is CC[C@H](NC(=S)Nc1ccc(C(C)C)cc1)c1ccc(C)cc1C. The summed E-state index contributed by atoms with van der Waals surface area (Å²) in [5, 5.41) is 7.41. The zero-order valence-electron chi connectivity index (χ0n) is 15.3. The minimum atomic E-state index is 0.223. The summed E-state index contributed by atoms with van der Waals surface area (Å²) in [5.74, 6) is 0.540. The summed E-state index contributed by atoms with van der Waals surface area (Å²) in [6.45, 7) is 10.9. The molecule has 3 heteroatoms. The maximum atomic E-state index is 5.51. The molecule has 0 saturated heterocycles. The second-order valence-electron chi connectivity index (χ2n) is 6.70. The lowest BCUT2D eigenvalue weighted by atomic mass is 9.98. The molecule has 2 rings (SSSR count). The Balaban J connectivity index is 2.04. The molecule has 0 amide bonds. The lowest BCUT2D eigenvalue weighted by Gasteiger charge is -2.22. The van der Waals surface area contributed by atoms with Crippen LogP contribution in [0.15, 0.2) is 42.5 Å². The molecule has 24 heavy (non-hydrogen) atoms. The van der Waals surface area contributed by atoms with Crippen LogP contribution in [0.2, 0.25) is 0 Å². The molecule has 0 heterocycles. The van der Waals surface area contributed by atoms with E-state index in [1.807, 2.05) is 0 Å². The Kier molecular flexibility index (Phi) is 6.38. The fourth-order valence-electron chi connectivity index (χ4n) is 2.89. The number of anilines is 1. The average molecular weight is 341 g/mol. The summed E-state index contributed by atoms with van der Waals surface area (Å²) < 4.78 is 0. The molecule has 0 aliphatic heterocycles. The Morgan fingerprint density at radius 2 is 1.71 bits per heavy atom. The summed E-state index contributed by atoms with van der Waals surface area (Å²) in [5.41, 5.74) is 6.26. The van der Waals surface area contributed by atoms with Crippen molar-refractivity contribution in [2.24, 2.45) is 0 Å². The third-order valence-corrected chi connectivity index (χ3v) is 4.57. The Hall–Kier alpha value is -1.87. The number of nitrogens with one attached hydrogen (secondary N) is 2. The Morgan fingerprint density at radius 1 is 1.04 bits per heavy atom. The second-order valence-corrected chi connectivity index (χ2v) is 7.10. The first-order chi connectivity index (χ1) is 11.4. The van der Waals surface area contributed by atoms with E-state index >= 15 is 0 Å². The van der Waals surface area contributed by atoms with Crippen molar-refractivity contribution in [3.05, 3.63) is 64.7 Å². The van der Waals surface area contributed by atoms with Crippen molar-refractivity contribution in [1.82, 2.24) is 5.32 Å². The maximum absolute atomic E-state index is 5.51. The highest BCUT2D eigenvalue weighted by Crippen LogP contribution is 2.22. The van der Waals surface area contributed by atoms with Crippen LogP contribution < -0.4 is 10.6 Å². The van der Waals surface area contributed by atoms with Gasteiger partial charge < -0.3 is 10.6 Å². The van der Waals surface area contributed by atoms with Gasteiger partial charge in [0.25, 0.3) is 0 Å². The molecule has 0 fully saturated rings. The first-order valence-electron chi connectivity index (χ1n) is 8.65. The van der Waals surface area contributed by atoms with Gasteiger partial charge >= 0.3 is 0 Å². The molecule has 0 saturated carbocycles. The summed E-state index contributed by atoms with van der Waals surface area (Å²) in [4.78, 5) is 0. The van der Waals surface area contributed by atoms with Crippen LogP contribution in [0, 0.1) is 13.8 Å². The van der Waals surface area contributed by atoms with E-state index in [1.165, 1.54) is 22.3 Å². The van der Waals surface area contributed by atoms with Gasteiger partial charge in [0.1, 0.15) is 0 Å². The Labute approximate surface area is 151 Å². The standard InChI is InChI=1S/C21H28N2S/c1-6-20(19-12-7-15(4)13-16(19)5)23-21(24)22-18-10-8-17(9-11-18)14(2)3/h7-14,20H,6H2,1-5H3,(H2,22,23,24)/t20-/m0/s1. The maximum Gasteiger partial charge on any atom is 0.171 e. The summed E-state index contributed by atoms with van der Waals surface area (Å²) in [7, 11) is 0. The second kappa shape index (κ2) is 8.29. The Morgan fingerprint density at radius 3 is 2.25 bits per heavy atom. The largest absolute Gasteiger partial charge is 0.356 e. The molecule has 2 nitrogen and oxygen atoms in total. The van der Waals surface area contributed by atoms with Gasteiger partial charge in [-0.25, -0.2) is 0 Å². The molecule has 2 aromatic rings. The van der Waals surface area contributed by atoms with Gasteiger partial charge in [-0.2, -0.15) is 0 Å². The van der Waals surface area contributed by atoms with Gasteiger partial charge in [-0.05, 0) is 67.2 Å². The quantitative estimate of drug-likeness (QED) is 0.666. The first kappa shape index (κ1) is 18.5. The highest BCUT2D eigenvalue weighted by atomic mass is 32.1. The van der Waals surface area contributed by atoms with Crippen molar-refractivity contribution in [1.29, 1.82) is 0 Å². The smallest absolute Gasteiger partial charge is 0.171 e. The first-order valence-corrected chi connectivity index (χ1v) is 9.06. The van der Waals surface area contributed by atoms with Gasteiger partial charge in [0, 0.05) is 5.69 Å². The monoisotopic (exact) mass is 340 g/mol. The highest BCUT2D eigenvalue weighted by Gasteiger charge is 2.13. The van der Waals surface area contributed by atoms with Crippen LogP contribution in [-0.2, 0) is 0 Å². The van der Waals surface area contributed by atoms with Crippen LogP contribution in [0.3, 0.4) is 0 Å². The molecule has 128 valence electrons. The molecular weight excluding hydrogens is 312 g/mol. The van der Waals surface area contributed by atoms with E-state index in [0.29, 0.717) is 11.0 Å². The number of hydrogen-bond acceptors (Lipinski definition) is 1. The van der Waals surface area contributed by atoms with Gasteiger partial charge in [0.15, 0.2) is 5.11 Å². The summed E-state index contributed by atoms with van der Waals surface area (Å²) >= 11 is 5.51. The molecule has 0 unspecified atom stereocenters. The molecule has 2 aromatic carbocycles. The zero-order valence-corrected chi connectivity index (χ0v) is 16.1. The predicted octanol–water partition coefficient (Wildman–Crippen LogP) is 5.86. The van der Waals surface area contributed by atoms with Gasteiger partial charge in [-0.15, -0.1) is 0 Å². The van der Waals surface area contributed by atoms with Gasteiger partial charge in [0.2, 0.25) is 0 Å². The Bertz CT molecular complexity index is 689. The number of thiocarbonyl (C=S) groups is 1. The molecule has 1 atom stereocenters. The third kappa shape index (κ3) is 4.81. The normalized spacial score (nSPS) is 12.1. The van der Waals surface area contributed by atoms with Crippen molar-refractivity contribution in [3.8, 4) is 0 Å². The van der Waals surface area contributed by atoms with Gasteiger partial charge in [0.05, 0.1) is 6.04 Å². The molecule has 0 aliphatic rings. The van der Waals surface area contributed by atoms with Crippen LogP contribution in [0.25, 0.3) is 0 Å². The number of hydrogen-bond donors (Lipinski definition) is 2. The van der Waals surface area contributed by atoms with Crippen molar-refractivity contribution >= 4 is 23.0 Å². The minimum absolute atomic E-state index is 0.223. The molecule has 0 spiro atoms. The van der Waals surface area contributed by atoms with Crippen molar-refractivity contribution in [2.75, 3.05) is 5.32 Å². The van der Waals surface area contributed by atoms with Gasteiger partial charge in [-0.3, -0.25) is 0 Å². The molecule has 0 bridgehead atoms. The van der Waals surface area contributed by atoms with E-state index in [0.717, 1.165) is 12.1 Å². The fourth-order valence-corrected chi connectivity index (χ4v) is 3.15. The van der Waals surface area contributed by atoms with Crippen LogP contribution >= 0.6 is 12.2 Å². The molecule has 2 N–H and O–H groups in total. The summed E-state index contributed by atoms with van der Waals surface area (Å²) in [6.07, 6.45) is 0.984. The summed E-state index contributed by atoms with van der Waals surface area (Å²) in [6, 6.07) is 15.3.